The highest BCUT2D eigenvalue weighted by molar-refractivity contribution is 5.95. The Morgan fingerprint density at radius 2 is 1.86 bits per heavy atom. The molecule has 1 aliphatic heterocycles. The van der Waals surface area contributed by atoms with Crippen LogP contribution in [0.15, 0.2) is 36.7 Å². The number of halogens is 1. The van der Waals surface area contributed by atoms with Crippen LogP contribution in [0.4, 0.5) is 10.2 Å². The van der Waals surface area contributed by atoms with Crippen molar-refractivity contribution >= 4 is 11.7 Å². The second-order valence-electron chi connectivity index (χ2n) is 9.40. The lowest BCUT2D eigenvalue weighted by Crippen LogP contribution is -2.50. The van der Waals surface area contributed by atoms with E-state index in [9.17, 15) is 4.79 Å². The van der Waals surface area contributed by atoms with E-state index < -0.39 is 5.82 Å². The van der Waals surface area contributed by atoms with E-state index in [-0.39, 0.29) is 11.5 Å². The van der Waals surface area contributed by atoms with Gasteiger partial charge in [0.15, 0.2) is 0 Å². The zero-order chi connectivity index (χ0) is 25.8. The first-order chi connectivity index (χ1) is 17.3. The van der Waals surface area contributed by atoms with Crippen molar-refractivity contribution in [1.82, 2.24) is 29.7 Å². The largest absolute Gasteiger partial charge is 0.384 e. The van der Waals surface area contributed by atoms with Crippen molar-refractivity contribution in [3.05, 3.63) is 59.4 Å². The first-order valence-electron chi connectivity index (χ1n) is 12.3. The predicted octanol–water partition coefficient (Wildman–Crippen LogP) is 3.12. The Balaban J connectivity index is 1.59. The van der Waals surface area contributed by atoms with Gasteiger partial charge in [-0.1, -0.05) is 13.0 Å². The first-order valence-corrected chi connectivity index (χ1v) is 12.3. The molecule has 36 heavy (non-hydrogen) atoms. The number of nitrogens with two attached hydrogens (primary N) is 1. The minimum atomic E-state index is -0.553. The van der Waals surface area contributed by atoms with Crippen molar-refractivity contribution in [3.63, 3.8) is 0 Å². The number of hydrogen-bond acceptors (Lipinski definition) is 7. The van der Waals surface area contributed by atoms with E-state index in [2.05, 4.69) is 24.8 Å². The molecular formula is C27H34FN7O. The number of pyridine rings is 1. The molecule has 0 saturated carbocycles. The second kappa shape index (κ2) is 11.1. The summed E-state index contributed by atoms with van der Waals surface area (Å²) in [7, 11) is 4.10. The molecule has 4 rings (SSSR count). The Kier molecular flexibility index (Phi) is 7.91. The molecule has 0 aliphatic carbocycles. The molecule has 2 N–H and O–H groups in total. The average Bonchev–Trinajstić information content (AvgIpc) is 2.87. The molecule has 2 aromatic heterocycles. The molecule has 190 valence electrons. The van der Waals surface area contributed by atoms with Gasteiger partial charge in [-0.05, 0) is 51.7 Å². The van der Waals surface area contributed by atoms with Gasteiger partial charge in [0.1, 0.15) is 18.0 Å². The van der Waals surface area contributed by atoms with E-state index in [1.165, 1.54) is 12.4 Å². The van der Waals surface area contributed by atoms with Crippen LogP contribution < -0.4 is 5.73 Å². The maximum absolute atomic E-state index is 15.3. The number of carbonyl (C=O) groups is 1. The lowest BCUT2D eigenvalue weighted by Gasteiger charge is -2.35. The van der Waals surface area contributed by atoms with Crippen LogP contribution in [0.3, 0.4) is 0 Å². The van der Waals surface area contributed by atoms with Gasteiger partial charge in [-0.2, -0.15) is 0 Å². The van der Waals surface area contributed by atoms with Crippen molar-refractivity contribution < 1.29 is 9.18 Å². The third-order valence-electron chi connectivity index (χ3n) is 6.63. The van der Waals surface area contributed by atoms with Gasteiger partial charge in [0.2, 0.25) is 0 Å². The van der Waals surface area contributed by atoms with Crippen molar-refractivity contribution in [3.8, 4) is 22.4 Å². The number of aryl methyl sites for hydroxylation is 2. The Labute approximate surface area is 212 Å². The molecule has 1 aliphatic rings. The molecule has 0 atom stereocenters. The normalized spacial score (nSPS) is 14.4. The van der Waals surface area contributed by atoms with Crippen LogP contribution in [0.1, 0.15) is 28.7 Å². The number of benzene rings is 1. The van der Waals surface area contributed by atoms with Crippen LogP contribution in [0.5, 0.6) is 0 Å². The summed E-state index contributed by atoms with van der Waals surface area (Å²) >= 11 is 0. The van der Waals surface area contributed by atoms with Crippen LogP contribution in [-0.4, -0.2) is 88.9 Å². The Morgan fingerprint density at radius 3 is 2.50 bits per heavy atom. The molecule has 8 nitrogen and oxygen atoms in total. The van der Waals surface area contributed by atoms with Crippen LogP contribution >= 0.6 is 0 Å². The van der Waals surface area contributed by atoms with Gasteiger partial charge in [0.25, 0.3) is 5.91 Å². The third kappa shape index (κ3) is 5.52. The van der Waals surface area contributed by atoms with Crippen molar-refractivity contribution in [2.24, 2.45) is 0 Å². The summed E-state index contributed by atoms with van der Waals surface area (Å²) in [5.41, 5.74) is 10.4. The first kappa shape index (κ1) is 25.7. The highest BCUT2D eigenvalue weighted by Crippen LogP contribution is 2.35. The fourth-order valence-electron chi connectivity index (χ4n) is 4.56. The lowest BCUT2D eigenvalue weighted by molar-refractivity contribution is 0.0625. The van der Waals surface area contributed by atoms with Gasteiger partial charge in [-0.3, -0.25) is 9.69 Å². The van der Waals surface area contributed by atoms with E-state index in [1.54, 1.807) is 23.1 Å². The fraction of sp³-hybridized carbons (Fsp3) is 0.407. The lowest BCUT2D eigenvalue weighted by atomic mass is 9.95. The van der Waals surface area contributed by atoms with Crippen LogP contribution in [0, 0.1) is 12.7 Å². The van der Waals surface area contributed by atoms with Gasteiger partial charge >= 0.3 is 0 Å². The smallest absolute Gasteiger partial charge is 0.256 e. The summed E-state index contributed by atoms with van der Waals surface area (Å²) in [6.07, 6.45) is 2.17. The topological polar surface area (TPSA) is 91.5 Å². The number of nitrogens with zero attached hydrogens (tertiary/aromatic N) is 6. The molecule has 1 aromatic carbocycles. The standard InChI is InChI=1S/C27H34FN7O/c1-5-23-25(20-8-9-24(29)32-18(20)2)26(31-17-30-23)19-6-7-21(22(28)16-19)27(36)35-14-12-34(13-15-35)11-10-33(3)4/h6-9,16-17H,5,10-15H2,1-4H3,(H2,29,32). The summed E-state index contributed by atoms with van der Waals surface area (Å²) in [5, 5.41) is 0. The van der Waals surface area contributed by atoms with E-state index in [1.807, 2.05) is 34.0 Å². The Bertz CT molecular complexity index is 1240. The maximum atomic E-state index is 15.3. The van der Waals surface area contributed by atoms with Gasteiger partial charge in [0, 0.05) is 61.7 Å². The fourth-order valence-corrected chi connectivity index (χ4v) is 4.56. The molecule has 3 aromatic rings. The van der Waals surface area contributed by atoms with Gasteiger partial charge in [-0.25, -0.2) is 19.3 Å². The van der Waals surface area contributed by atoms with Gasteiger partial charge in [0.05, 0.1) is 17.0 Å². The number of piperazine rings is 1. The van der Waals surface area contributed by atoms with Crippen LogP contribution in [-0.2, 0) is 6.42 Å². The van der Waals surface area contributed by atoms with E-state index >= 15 is 4.39 Å². The summed E-state index contributed by atoms with van der Waals surface area (Å²) in [5.74, 6) is -0.399. The molecule has 1 amide bonds. The van der Waals surface area contributed by atoms with E-state index in [4.69, 9.17) is 5.73 Å². The second-order valence-corrected chi connectivity index (χ2v) is 9.40. The monoisotopic (exact) mass is 491 g/mol. The number of aromatic nitrogens is 3. The predicted molar refractivity (Wildman–Crippen MR) is 140 cm³/mol. The van der Waals surface area contributed by atoms with Crippen molar-refractivity contribution in [2.75, 3.05) is 59.1 Å². The Morgan fingerprint density at radius 1 is 1.11 bits per heavy atom. The zero-order valence-corrected chi connectivity index (χ0v) is 21.5. The molecule has 0 bridgehead atoms. The third-order valence-corrected chi connectivity index (χ3v) is 6.63. The number of hydrogen-bond donors (Lipinski definition) is 1. The Hall–Kier alpha value is -3.43. The van der Waals surface area contributed by atoms with Gasteiger partial charge < -0.3 is 15.5 Å². The number of rotatable bonds is 7. The summed E-state index contributed by atoms with van der Waals surface area (Å²) in [6, 6.07) is 8.35. The van der Waals surface area contributed by atoms with Crippen LogP contribution in [0.25, 0.3) is 22.4 Å². The number of likely N-dealkylation sites (N-methyl/N-ethyl adjacent to an activating group) is 1. The summed E-state index contributed by atoms with van der Waals surface area (Å²) in [6.45, 7) is 8.59. The summed E-state index contributed by atoms with van der Waals surface area (Å²) < 4.78 is 15.3. The number of nitrogen functional groups attached to an aromatic ring is 1. The molecular weight excluding hydrogens is 457 g/mol. The molecule has 1 fully saturated rings. The molecule has 3 heterocycles. The average molecular weight is 492 g/mol. The SMILES string of the molecule is CCc1ncnc(-c2ccc(C(=O)N3CCN(CCN(C)C)CC3)c(F)c2)c1-c1ccc(N)nc1C. The minimum absolute atomic E-state index is 0.0807. The summed E-state index contributed by atoms with van der Waals surface area (Å²) in [4.78, 5) is 32.7. The zero-order valence-electron chi connectivity index (χ0n) is 21.5. The maximum Gasteiger partial charge on any atom is 0.256 e. The van der Waals surface area contributed by atoms with E-state index in [0.29, 0.717) is 36.6 Å². The van der Waals surface area contributed by atoms with Crippen molar-refractivity contribution in [2.45, 2.75) is 20.3 Å². The van der Waals surface area contributed by atoms with Gasteiger partial charge in [-0.15, -0.1) is 0 Å². The quantitative estimate of drug-likeness (QED) is 0.543. The number of anilines is 1. The molecule has 0 unspecified atom stereocenters. The minimum Gasteiger partial charge on any atom is -0.384 e. The highest BCUT2D eigenvalue weighted by Gasteiger charge is 2.25. The van der Waals surface area contributed by atoms with Crippen LogP contribution in [0.2, 0.25) is 0 Å². The van der Waals surface area contributed by atoms with Crippen molar-refractivity contribution in [1.29, 1.82) is 0 Å². The number of amides is 1. The molecule has 9 heteroatoms. The molecule has 0 spiro atoms. The highest BCUT2D eigenvalue weighted by atomic mass is 19.1. The van der Waals surface area contributed by atoms with E-state index in [0.717, 1.165) is 48.7 Å². The molecule has 1 saturated heterocycles. The number of carbonyl (C=O) groups excluding carboxylic acids is 1. The molecule has 0 radical (unpaired) electrons.